The third-order valence-corrected chi connectivity index (χ3v) is 14.0. The van der Waals surface area contributed by atoms with Gasteiger partial charge in [0.2, 0.25) is 0 Å². The quantitative estimate of drug-likeness (QED) is 0.560. The smallest absolute Gasteiger partial charge is 0.176 e. The number of hydrogen-bond donors (Lipinski definition) is 0. The van der Waals surface area contributed by atoms with Crippen molar-refractivity contribution in [3.63, 3.8) is 0 Å². The molecule has 6 atom stereocenters. The standard InChI is InChI=1S/C20H30OSi2/c22-21-23(17-7-5-15-11-1-3-13(9-11)19(15)17)18-8-6-16-12-2-4-14(10-12)20(16)18/h11-12,15-18,23H,1-10H2,22H3. The Morgan fingerprint density at radius 1 is 0.739 bits per heavy atom. The zero-order valence-corrected chi connectivity index (χ0v) is 17.7. The van der Waals surface area contributed by atoms with Crippen molar-refractivity contribution in [2.75, 3.05) is 0 Å². The first-order chi connectivity index (χ1) is 11.3. The summed E-state index contributed by atoms with van der Waals surface area (Å²) in [4.78, 5) is 0. The Balaban J connectivity index is 1.35. The lowest BCUT2D eigenvalue weighted by Gasteiger charge is -2.32. The average molecular weight is 343 g/mol. The Morgan fingerprint density at radius 3 is 1.74 bits per heavy atom. The van der Waals surface area contributed by atoms with E-state index in [-0.39, 0.29) is 0 Å². The molecule has 4 bridgehead atoms. The van der Waals surface area contributed by atoms with Gasteiger partial charge in [0.25, 0.3) is 0 Å². The van der Waals surface area contributed by atoms with Crippen molar-refractivity contribution >= 4 is 19.5 Å². The Labute approximate surface area is 145 Å². The minimum absolute atomic E-state index is 0.953. The molecule has 4 fully saturated rings. The largest absolute Gasteiger partial charge is 0.465 e. The van der Waals surface area contributed by atoms with E-state index in [9.17, 15) is 0 Å². The predicted octanol–water partition coefficient (Wildman–Crippen LogP) is 3.79. The number of allylic oxidation sites excluding steroid dienone is 4. The SMILES string of the molecule is [SiH3]O[SiH](C1CCC2C1=C1CCC2C1)C1CCC2C1=C1CCC2C1. The summed E-state index contributed by atoms with van der Waals surface area (Å²) in [7, 11) is -0.0983. The van der Waals surface area contributed by atoms with Gasteiger partial charge >= 0.3 is 0 Å². The van der Waals surface area contributed by atoms with Crippen LogP contribution in [-0.4, -0.2) is 19.5 Å². The second kappa shape index (κ2) is 4.95. The lowest BCUT2D eigenvalue weighted by atomic mass is 9.88. The van der Waals surface area contributed by atoms with Gasteiger partial charge in [0.05, 0.1) is 0 Å². The van der Waals surface area contributed by atoms with Gasteiger partial charge < -0.3 is 4.12 Å². The number of fused-ring (bicyclic) bond motifs is 8. The van der Waals surface area contributed by atoms with Crippen molar-refractivity contribution in [2.45, 2.75) is 75.3 Å². The predicted molar refractivity (Wildman–Crippen MR) is 99.9 cm³/mol. The maximum atomic E-state index is 6.56. The van der Waals surface area contributed by atoms with Crippen molar-refractivity contribution in [1.82, 2.24) is 0 Å². The molecule has 1 nitrogen and oxygen atoms in total. The second-order valence-electron chi connectivity index (χ2n) is 9.40. The lowest BCUT2D eigenvalue weighted by molar-refractivity contribution is 0.411. The molecule has 6 aliphatic carbocycles. The molecule has 0 amide bonds. The third kappa shape index (κ3) is 1.77. The van der Waals surface area contributed by atoms with Crippen molar-refractivity contribution < 1.29 is 4.12 Å². The van der Waals surface area contributed by atoms with Gasteiger partial charge in [-0.1, -0.05) is 22.3 Å². The molecule has 0 N–H and O–H groups in total. The number of rotatable bonds is 3. The first kappa shape index (κ1) is 14.1. The normalized spacial score (nSPS) is 48.0. The van der Waals surface area contributed by atoms with Crippen LogP contribution < -0.4 is 0 Å². The molecule has 0 aromatic carbocycles. The summed E-state index contributed by atoms with van der Waals surface area (Å²) in [6.45, 7) is 0. The first-order valence-corrected chi connectivity index (χ1v) is 12.9. The van der Waals surface area contributed by atoms with Gasteiger partial charge in [-0.15, -0.1) is 0 Å². The average Bonchev–Trinajstić information content (AvgIpc) is 3.35. The molecule has 6 rings (SSSR count). The summed E-state index contributed by atoms with van der Waals surface area (Å²) in [5.41, 5.74) is 9.78. The highest BCUT2D eigenvalue weighted by Crippen LogP contribution is 2.64. The van der Waals surface area contributed by atoms with E-state index in [0.29, 0.717) is 0 Å². The third-order valence-electron chi connectivity index (χ3n) is 8.85. The highest BCUT2D eigenvalue weighted by Gasteiger charge is 2.53. The van der Waals surface area contributed by atoms with Gasteiger partial charge in [0.15, 0.2) is 9.04 Å². The molecule has 0 saturated heterocycles. The maximum Gasteiger partial charge on any atom is 0.176 e. The van der Waals surface area contributed by atoms with Gasteiger partial charge in [-0.25, -0.2) is 0 Å². The van der Waals surface area contributed by atoms with E-state index in [1.807, 2.05) is 22.3 Å². The van der Waals surface area contributed by atoms with Crippen LogP contribution in [0.15, 0.2) is 22.3 Å². The number of hydrogen-bond acceptors (Lipinski definition) is 1. The molecule has 0 aliphatic heterocycles. The fourth-order valence-electron chi connectivity index (χ4n) is 8.18. The molecule has 124 valence electrons. The van der Waals surface area contributed by atoms with Crippen LogP contribution in [0.5, 0.6) is 0 Å². The van der Waals surface area contributed by atoms with Crippen LogP contribution in [0.1, 0.15) is 64.2 Å². The summed E-state index contributed by atoms with van der Waals surface area (Å²) in [6, 6.07) is 0. The van der Waals surface area contributed by atoms with Gasteiger partial charge in [0, 0.05) is 0 Å². The first-order valence-electron chi connectivity index (χ1n) is 10.3. The van der Waals surface area contributed by atoms with E-state index >= 15 is 0 Å². The highest BCUT2D eigenvalue weighted by atomic mass is 28.3. The molecule has 3 heteroatoms. The van der Waals surface area contributed by atoms with Crippen LogP contribution in [0.2, 0.25) is 11.1 Å². The molecule has 0 heterocycles. The van der Waals surface area contributed by atoms with E-state index in [4.69, 9.17) is 4.12 Å². The zero-order chi connectivity index (χ0) is 15.1. The van der Waals surface area contributed by atoms with E-state index in [1.165, 1.54) is 64.2 Å². The Morgan fingerprint density at radius 2 is 1.26 bits per heavy atom. The van der Waals surface area contributed by atoms with Crippen LogP contribution >= 0.6 is 0 Å². The monoisotopic (exact) mass is 342 g/mol. The van der Waals surface area contributed by atoms with Crippen molar-refractivity contribution in [1.29, 1.82) is 0 Å². The summed E-state index contributed by atoms with van der Waals surface area (Å²) in [6.07, 6.45) is 15.0. The zero-order valence-electron chi connectivity index (χ0n) is 14.5. The van der Waals surface area contributed by atoms with Crippen LogP contribution in [0.4, 0.5) is 0 Å². The minimum atomic E-state index is -1.08. The molecule has 6 aliphatic rings. The molecule has 0 aromatic rings. The molecule has 4 saturated carbocycles. The van der Waals surface area contributed by atoms with Gasteiger partial charge in [-0.05, 0) is 99.0 Å². The molecule has 6 unspecified atom stereocenters. The summed E-state index contributed by atoms with van der Waals surface area (Å²) < 4.78 is 6.56. The molecule has 0 spiro atoms. The Kier molecular flexibility index (Phi) is 3.03. The Bertz CT molecular complexity index is 569. The lowest BCUT2D eigenvalue weighted by Crippen LogP contribution is -2.31. The summed E-state index contributed by atoms with van der Waals surface area (Å²) >= 11 is 0. The highest BCUT2D eigenvalue weighted by molar-refractivity contribution is 6.60. The van der Waals surface area contributed by atoms with E-state index < -0.39 is 9.04 Å². The van der Waals surface area contributed by atoms with Crippen molar-refractivity contribution in [2.24, 2.45) is 23.7 Å². The van der Waals surface area contributed by atoms with Crippen LogP contribution in [0.25, 0.3) is 0 Å². The molecular formula is C20H30OSi2. The molecular weight excluding hydrogens is 312 g/mol. The van der Waals surface area contributed by atoms with Crippen LogP contribution in [0.3, 0.4) is 0 Å². The van der Waals surface area contributed by atoms with Crippen LogP contribution in [0, 0.1) is 23.7 Å². The summed E-state index contributed by atoms with van der Waals surface area (Å²) in [5.74, 6) is 4.17. The van der Waals surface area contributed by atoms with E-state index in [0.717, 1.165) is 45.2 Å². The second-order valence-corrected chi connectivity index (χ2v) is 13.8. The van der Waals surface area contributed by atoms with E-state index in [2.05, 4.69) is 0 Å². The molecule has 0 aromatic heterocycles. The van der Waals surface area contributed by atoms with Crippen molar-refractivity contribution in [3.8, 4) is 0 Å². The van der Waals surface area contributed by atoms with Crippen LogP contribution in [-0.2, 0) is 4.12 Å². The molecule has 0 radical (unpaired) electrons. The van der Waals surface area contributed by atoms with Gasteiger partial charge in [-0.2, -0.15) is 0 Å². The van der Waals surface area contributed by atoms with Gasteiger partial charge in [0.1, 0.15) is 10.5 Å². The topological polar surface area (TPSA) is 9.23 Å². The fraction of sp³-hybridized carbons (Fsp3) is 0.800. The molecule has 23 heavy (non-hydrogen) atoms. The van der Waals surface area contributed by atoms with E-state index in [1.54, 1.807) is 0 Å². The van der Waals surface area contributed by atoms with Gasteiger partial charge in [-0.3, -0.25) is 0 Å². The fourth-order valence-corrected chi connectivity index (χ4v) is 14.1. The summed E-state index contributed by atoms with van der Waals surface area (Å²) in [5, 5.41) is 0. The Hall–Kier alpha value is -0.126. The minimum Gasteiger partial charge on any atom is -0.465 e. The van der Waals surface area contributed by atoms with Crippen molar-refractivity contribution in [3.05, 3.63) is 22.3 Å². The maximum absolute atomic E-state index is 6.56.